The second kappa shape index (κ2) is 6.51. The minimum absolute atomic E-state index is 0.00714. The van der Waals surface area contributed by atoms with Gasteiger partial charge in [-0.2, -0.15) is 0 Å². The van der Waals surface area contributed by atoms with Crippen LogP contribution in [-0.4, -0.2) is 44.0 Å². The molecular formula is C14H24N4O3. The molecule has 1 aliphatic heterocycles. The van der Waals surface area contributed by atoms with E-state index in [2.05, 4.69) is 36.3 Å². The van der Waals surface area contributed by atoms with Crippen molar-refractivity contribution < 1.29 is 14.6 Å². The van der Waals surface area contributed by atoms with Gasteiger partial charge in [0.25, 0.3) is 0 Å². The average Bonchev–Trinajstić information content (AvgIpc) is 2.97. The summed E-state index contributed by atoms with van der Waals surface area (Å²) in [4.78, 5) is 11.1. The summed E-state index contributed by atoms with van der Waals surface area (Å²) in [5.74, 6) is -0.111. The number of hydrogen-bond donors (Lipinski definition) is 1. The smallest absolute Gasteiger partial charge is 0.305 e. The first-order valence-corrected chi connectivity index (χ1v) is 7.45. The van der Waals surface area contributed by atoms with Crippen molar-refractivity contribution in [2.75, 3.05) is 6.61 Å². The molecule has 0 radical (unpaired) electrons. The summed E-state index contributed by atoms with van der Waals surface area (Å²) < 4.78 is 7.30. The minimum Gasteiger partial charge on any atom is -0.481 e. The van der Waals surface area contributed by atoms with Crippen molar-refractivity contribution in [1.82, 2.24) is 20.2 Å². The van der Waals surface area contributed by atoms with Crippen LogP contribution in [0.4, 0.5) is 0 Å². The van der Waals surface area contributed by atoms with Crippen LogP contribution in [0.25, 0.3) is 0 Å². The van der Waals surface area contributed by atoms with Crippen molar-refractivity contribution in [3.8, 4) is 0 Å². The molecule has 0 bridgehead atoms. The van der Waals surface area contributed by atoms with Gasteiger partial charge in [-0.3, -0.25) is 4.79 Å². The molecule has 1 aliphatic rings. The molecule has 0 aliphatic carbocycles. The van der Waals surface area contributed by atoms with Gasteiger partial charge in [-0.05, 0) is 35.1 Å². The Hall–Kier alpha value is -1.50. The van der Waals surface area contributed by atoms with E-state index in [4.69, 9.17) is 9.84 Å². The topological polar surface area (TPSA) is 90.1 Å². The Morgan fingerprint density at radius 3 is 2.86 bits per heavy atom. The lowest BCUT2D eigenvalue weighted by Crippen LogP contribution is -2.24. The summed E-state index contributed by atoms with van der Waals surface area (Å²) in [6.45, 7) is 7.05. The number of carbonyl (C=O) groups is 1. The summed E-state index contributed by atoms with van der Waals surface area (Å²) in [6, 6.07) is -0.228. The van der Waals surface area contributed by atoms with E-state index in [0.29, 0.717) is 12.8 Å². The second-order valence-electron chi connectivity index (χ2n) is 6.90. The lowest BCUT2D eigenvalue weighted by atomic mass is 9.87. The number of carboxylic acid groups (broad SMARTS) is 1. The van der Waals surface area contributed by atoms with E-state index >= 15 is 0 Å². The predicted molar refractivity (Wildman–Crippen MR) is 75.9 cm³/mol. The Kier molecular flexibility index (Phi) is 4.92. The van der Waals surface area contributed by atoms with Crippen molar-refractivity contribution in [1.29, 1.82) is 0 Å². The molecule has 2 rings (SSSR count). The molecule has 1 saturated heterocycles. The Bertz CT molecular complexity index is 475. The number of rotatable bonds is 6. The van der Waals surface area contributed by atoms with Gasteiger partial charge in [-0.15, -0.1) is 5.10 Å². The SMILES string of the molecule is CC(C)(C)CC(CC(=O)O)n1nnnc1CC1CCCO1. The maximum Gasteiger partial charge on any atom is 0.305 e. The largest absolute Gasteiger partial charge is 0.481 e. The maximum atomic E-state index is 11.1. The van der Waals surface area contributed by atoms with Gasteiger partial charge in [0.1, 0.15) is 0 Å². The minimum atomic E-state index is -0.831. The third-order valence-electron chi connectivity index (χ3n) is 3.60. The lowest BCUT2D eigenvalue weighted by molar-refractivity contribution is -0.138. The first kappa shape index (κ1) is 15.9. The van der Waals surface area contributed by atoms with E-state index in [0.717, 1.165) is 25.3 Å². The van der Waals surface area contributed by atoms with E-state index in [9.17, 15) is 4.79 Å². The standard InChI is InChI=1S/C14H24N4O3/c1-14(2,3)9-10(7-13(19)20)18-12(15-16-17-18)8-11-5-4-6-21-11/h10-11H,4-9H2,1-3H3,(H,19,20). The summed E-state index contributed by atoms with van der Waals surface area (Å²) in [5, 5.41) is 21.0. The van der Waals surface area contributed by atoms with Crippen LogP contribution in [0.15, 0.2) is 0 Å². The zero-order chi connectivity index (χ0) is 15.5. The van der Waals surface area contributed by atoms with Crippen LogP contribution in [-0.2, 0) is 16.0 Å². The third kappa shape index (κ3) is 4.77. The van der Waals surface area contributed by atoms with Gasteiger partial charge >= 0.3 is 5.97 Å². The second-order valence-corrected chi connectivity index (χ2v) is 6.90. The third-order valence-corrected chi connectivity index (χ3v) is 3.60. The Balaban J connectivity index is 2.14. The van der Waals surface area contributed by atoms with E-state index in [1.54, 1.807) is 4.68 Å². The Labute approximate surface area is 124 Å². The normalized spacial score (nSPS) is 20.6. The molecule has 0 saturated carbocycles. The molecule has 2 unspecified atom stereocenters. The summed E-state index contributed by atoms with van der Waals surface area (Å²) in [6.07, 6.45) is 3.61. The van der Waals surface area contributed by atoms with Gasteiger partial charge < -0.3 is 9.84 Å². The summed E-state index contributed by atoms with van der Waals surface area (Å²) in [5.41, 5.74) is 0.00714. The van der Waals surface area contributed by atoms with Gasteiger partial charge in [0.15, 0.2) is 5.82 Å². The number of aliphatic carboxylic acids is 1. The monoisotopic (exact) mass is 296 g/mol. The zero-order valence-electron chi connectivity index (χ0n) is 12.9. The highest BCUT2D eigenvalue weighted by Crippen LogP contribution is 2.30. The molecule has 0 aromatic carbocycles. The van der Waals surface area contributed by atoms with Crippen LogP contribution in [0.1, 0.15) is 58.3 Å². The molecule has 1 aromatic heterocycles. The maximum absolute atomic E-state index is 11.1. The van der Waals surface area contributed by atoms with Crippen molar-refractivity contribution in [3.63, 3.8) is 0 Å². The highest BCUT2D eigenvalue weighted by atomic mass is 16.5. The van der Waals surface area contributed by atoms with Crippen LogP contribution in [0.3, 0.4) is 0 Å². The number of ether oxygens (including phenoxy) is 1. The molecule has 2 heterocycles. The van der Waals surface area contributed by atoms with Crippen LogP contribution >= 0.6 is 0 Å². The van der Waals surface area contributed by atoms with E-state index in [1.165, 1.54) is 0 Å². The van der Waals surface area contributed by atoms with Gasteiger partial charge in [0, 0.05) is 13.0 Å². The zero-order valence-corrected chi connectivity index (χ0v) is 12.9. The lowest BCUT2D eigenvalue weighted by Gasteiger charge is -2.25. The highest BCUT2D eigenvalue weighted by Gasteiger charge is 2.27. The van der Waals surface area contributed by atoms with Crippen LogP contribution < -0.4 is 0 Å². The van der Waals surface area contributed by atoms with Gasteiger partial charge in [-0.1, -0.05) is 20.8 Å². The number of nitrogens with zero attached hydrogens (tertiary/aromatic N) is 4. The van der Waals surface area contributed by atoms with Gasteiger partial charge in [0.05, 0.1) is 18.6 Å². The number of tetrazole rings is 1. The molecule has 1 N–H and O–H groups in total. The van der Waals surface area contributed by atoms with E-state index in [-0.39, 0.29) is 24.0 Å². The van der Waals surface area contributed by atoms with Crippen LogP contribution in [0.5, 0.6) is 0 Å². The first-order valence-electron chi connectivity index (χ1n) is 7.45. The molecular weight excluding hydrogens is 272 g/mol. The average molecular weight is 296 g/mol. The quantitative estimate of drug-likeness (QED) is 0.861. The Morgan fingerprint density at radius 2 is 2.29 bits per heavy atom. The van der Waals surface area contributed by atoms with Crippen molar-refractivity contribution in [2.24, 2.45) is 5.41 Å². The molecule has 0 spiro atoms. The fraction of sp³-hybridized carbons (Fsp3) is 0.857. The van der Waals surface area contributed by atoms with Crippen LogP contribution in [0, 0.1) is 5.41 Å². The molecule has 21 heavy (non-hydrogen) atoms. The van der Waals surface area contributed by atoms with Crippen molar-refractivity contribution in [2.45, 2.75) is 65.0 Å². The number of hydrogen-bond acceptors (Lipinski definition) is 5. The summed E-state index contributed by atoms with van der Waals surface area (Å²) >= 11 is 0. The first-order chi connectivity index (χ1) is 9.85. The van der Waals surface area contributed by atoms with E-state index < -0.39 is 5.97 Å². The Morgan fingerprint density at radius 1 is 1.52 bits per heavy atom. The fourth-order valence-corrected chi connectivity index (χ4v) is 2.79. The number of aromatic nitrogens is 4. The predicted octanol–water partition coefficient (Wildman–Crippen LogP) is 1.85. The van der Waals surface area contributed by atoms with Crippen LogP contribution in [0.2, 0.25) is 0 Å². The van der Waals surface area contributed by atoms with Crippen molar-refractivity contribution in [3.05, 3.63) is 5.82 Å². The molecule has 2 atom stereocenters. The summed E-state index contributed by atoms with van der Waals surface area (Å²) in [7, 11) is 0. The van der Waals surface area contributed by atoms with Gasteiger partial charge in [-0.25, -0.2) is 4.68 Å². The highest BCUT2D eigenvalue weighted by molar-refractivity contribution is 5.67. The molecule has 0 amide bonds. The van der Waals surface area contributed by atoms with Gasteiger partial charge in [0.2, 0.25) is 0 Å². The van der Waals surface area contributed by atoms with Crippen molar-refractivity contribution >= 4 is 5.97 Å². The molecule has 1 aromatic rings. The number of carboxylic acids is 1. The molecule has 7 heteroatoms. The molecule has 1 fully saturated rings. The fourth-order valence-electron chi connectivity index (χ4n) is 2.79. The molecule has 118 valence electrons. The van der Waals surface area contributed by atoms with E-state index in [1.807, 2.05) is 0 Å². The molecule has 7 nitrogen and oxygen atoms in total.